The highest BCUT2D eigenvalue weighted by atomic mass is 15.4. The van der Waals surface area contributed by atoms with E-state index in [1.54, 1.807) is 18.3 Å². The van der Waals surface area contributed by atoms with Crippen molar-refractivity contribution < 1.29 is 0 Å². The summed E-state index contributed by atoms with van der Waals surface area (Å²) in [6, 6.07) is 3.43. The van der Waals surface area contributed by atoms with Crippen molar-refractivity contribution in [2.24, 2.45) is 0 Å². The Kier molecular flexibility index (Phi) is 1.55. The summed E-state index contributed by atoms with van der Waals surface area (Å²) in [5.41, 5.74) is 10.9. The lowest BCUT2D eigenvalue weighted by molar-refractivity contribution is 0.825. The van der Waals surface area contributed by atoms with Gasteiger partial charge in [0.15, 0.2) is 5.82 Å². The number of hydrogen-bond acceptors (Lipinski definition) is 6. The number of rotatable bonds is 1. The lowest BCUT2D eigenvalue weighted by Crippen LogP contribution is -2.04. The van der Waals surface area contributed by atoms with E-state index >= 15 is 0 Å². The molecule has 0 aromatic carbocycles. The van der Waals surface area contributed by atoms with Crippen molar-refractivity contribution in [3.63, 3.8) is 0 Å². The third kappa shape index (κ3) is 1.26. The second-order valence-corrected chi connectivity index (χ2v) is 2.32. The zero-order valence-electron chi connectivity index (χ0n) is 6.62. The molecule has 13 heavy (non-hydrogen) atoms. The summed E-state index contributed by atoms with van der Waals surface area (Å²) in [6.45, 7) is 0. The van der Waals surface area contributed by atoms with Crippen molar-refractivity contribution in [3.05, 3.63) is 18.3 Å². The molecule has 0 saturated carbocycles. The van der Waals surface area contributed by atoms with Gasteiger partial charge in [0.25, 0.3) is 0 Å². The van der Waals surface area contributed by atoms with E-state index in [0.29, 0.717) is 5.82 Å². The number of nitrogens with two attached hydrogens (primary N) is 2. The monoisotopic (exact) mass is 177 g/mol. The third-order valence-corrected chi connectivity index (χ3v) is 1.42. The molecule has 0 saturated heterocycles. The number of anilines is 2. The van der Waals surface area contributed by atoms with Gasteiger partial charge in [-0.3, -0.25) is 0 Å². The van der Waals surface area contributed by atoms with Crippen molar-refractivity contribution in [2.75, 3.05) is 11.5 Å². The van der Waals surface area contributed by atoms with E-state index in [9.17, 15) is 0 Å². The zero-order valence-corrected chi connectivity index (χ0v) is 6.62. The summed E-state index contributed by atoms with van der Waals surface area (Å²) in [4.78, 5) is 3.73. The van der Waals surface area contributed by atoms with E-state index < -0.39 is 0 Å². The Hall–Kier alpha value is -2.18. The van der Waals surface area contributed by atoms with Gasteiger partial charge in [-0.05, 0) is 12.1 Å². The standard InChI is InChI=1S/C6H7N7/c7-5-10-6(8)13(12-5)4-2-1-3-9-11-4/h1-3H,(H4,7,8,10,12). The fourth-order valence-corrected chi connectivity index (χ4v) is 0.916. The van der Waals surface area contributed by atoms with Crippen LogP contribution < -0.4 is 11.5 Å². The van der Waals surface area contributed by atoms with Crippen LogP contribution in [0.25, 0.3) is 5.82 Å². The van der Waals surface area contributed by atoms with E-state index in [1.165, 1.54) is 4.68 Å². The van der Waals surface area contributed by atoms with Crippen molar-refractivity contribution in [2.45, 2.75) is 0 Å². The molecule has 0 spiro atoms. The Bertz CT molecular complexity index is 406. The Morgan fingerprint density at radius 2 is 2.15 bits per heavy atom. The Labute approximate surface area is 73.4 Å². The number of aromatic nitrogens is 5. The molecular formula is C6H7N7. The first kappa shape index (κ1) is 7.47. The minimum atomic E-state index is 0.114. The van der Waals surface area contributed by atoms with Gasteiger partial charge in [0.2, 0.25) is 11.9 Å². The highest BCUT2D eigenvalue weighted by molar-refractivity contribution is 5.34. The lowest BCUT2D eigenvalue weighted by atomic mass is 10.5. The van der Waals surface area contributed by atoms with Crippen molar-refractivity contribution in [3.8, 4) is 5.82 Å². The molecule has 0 amide bonds. The molecule has 4 N–H and O–H groups in total. The maximum atomic E-state index is 5.51. The van der Waals surface area contributed by atoms with Gasteiger partial charge in [0.05, 0.1) is 0 Å². The van der Waals surface area contributed by atoms with Crippen LogP contribution in [0, 0.1) is 0 Å². The molecule has 7 nitrogen and oxygen atoms in total. The van der Waals surface area contributed by atoms with E-state index in [0.717, 1.165) is 0 Å². The highest BCUT2D eigenvalue weighted by Crippen LogP contribution is 2.07. The Balaban J connectivity index is 2.53. The lowest BCUT2D eigenvalue weighted by Gasteiger charge is -1.97. The normalized spacial score (nSPS) is 10.2. The SMILES string of the molecule is Nc1nc(N)n(-c2cccnn2)n1. The van der Waals surface area contributed by atoms with Crippen LogP contribution in [0.1, 0.15) is 0 Å². The molecule has 2 heterocycles. The molecule has 2 rings (SSSR count). The first-order chi connectivity index (χ1) is 6.27. The second kappa shape index (κ2) is 2.70. The molecule has 0 atom stereocenters. The largest absolute Gasteiger partial charge is 0.368 e. The maximum absolute atomic E-state index is 5.51. The topological polar surface area (TPSA) is 109 Å². The van der Waals surface area contributed by atoms with E-state index in [4.69, 9.17) is 11.5 Å². The van der Waals surface area contributed by atoms with Gasteiger partial charge in [0.1, 0.15) is 0 Å². The third-order valence-electron chi connectivity index (χ3n) is 1.42. The minimum absolute atomic E-state index is 0.114. The van der Waals surface area contributed by atoms with Gasteiger partial charge in [-0.1, -0.05) is 0 Å². The van der Waals surface area contributed by atoms with E-state index in [-0.39, 0.29) is 11.9 Å². The van der Waals surface area contributed by atoms with E-state index in [2.05, 4.69) is 20.3 Å². The van der Waals surface area contributed by atoms with Gasteiger partial charge < -0.3 is 11.5 Å². The van der Waals surface area contributed by atoms with Gasteiger partial charge in [-0.2, -0.15) is 14.8 Å². The molecule has 66 valence electrons. The zero-order chi connectivity index (χ0) is 9.26. The van der Waals surface area contributed by atoms with Crippen molar-refractivity contribution in [1.82, 2.24) is 25.0 Å². The molecule has 0 aliphatic carbocycles. The number of nitrogen functional groups attached to an aromatic ring is 2. The summed E-state index contributed by atoms with van der Waals surface area (Å²) in [5, 5.41) is 11.3. The molecule has 0 radical (unpaired) electrons. The fraction of sp³-hybridized carbons (Fsp3) is 0. The summed E-state index contributed by atoms with van der Waals surface area (Å²) in [6.07, 6.45) is 1.56. The van der Waals surface area contributed by atoms with E-state index in [1.807, 2.05) is 0 Å². The minimum Gasteiger partial charge on any atom is -0.368 e. The highest BCUT2D eigenvalue weighted by Gasteiger charge is 2.06. The van der Waals surface area contributed by atoms with Crippen LogP contribution in [0.4, 0.5) is 11.9 Å². The summed E-state index contributed by atoms with van der Waals surface area (Å²) in [5.74, 6) is 0.797. The quantitative estimate of drug-likeness (QED) is 0.591. The smallest absolute Gasteiger partial charge is 0.241 e. The molecule has 2 aromatic rings. The van der Waals surface area contributed by atoms with Crippen LogP contribution in [0.5, 0.6) is 0 Å². The molecule has 0 bridgehead atoms. The first-order valence-corrected chi connectivity index (χ1v) is 3.53. The molecule has 0 fully saturated rings. The predicted molar refractivity (Wildman–Crippen MR) is 45.8 cm³/mol. The van der Waals surface area contributed by atoms with Gasteiger partial charge in [-0.25, -0.2) is 0 Å². The Morgan fingerprint density at radius 1 is 1.31 bits per heavy atom. The Morgan fingerprint density at radius 3 is 2.69 bits per heavy atom. The second-order valence-electron chi connectivity index (χ2n) is 2.32. The molecular weight excluding hydrogens is 170 g/mol. The van der Waals surface area contributed by atoms with Crippen LogP contribution in [0.15, 0.2) is 18.3 Å². The first-order valence-electron chi connectivity index (χ1n) is 3.53. The van der Waals surface area contributed by atoms with Gasteiger partial charge in [-0.15, -0.1) is 10.2 Å². The molecule has 0 aliphatic rings. The van der Waals surface area contributed by atoms with Crippen LogP contribution in [0.2, 0.25) is 0 Å². The van der Waals surface area contributed by atoms with Crippen molar-refractivity contribution in [1.29, 1.82) is 0 Å². The average molecular weight is 177 g/mol. The fourth-order valence-electron chi connectivity index (χ4n) is 0.916. The van der Waals surface area contributed by atoms with Crippen LogP contribution in [0.3, 0.4) is 0 Å². The molecule has 7 heteroatoms. The van der Waals surface area contributed by atoms with Crippen LogP contribution in [-0.2, 0) is 0 Å². The number of nitrogens with zero attached hydrogens (tertiary/aromatic N) is 5. The van der Waals surface area contributed by atoms with Gasteiger partial charge in [0, 0.05) is 6.20 Å². The number of hydrogen-bond donors (Lipinski definition) is 2. The predicted octanol–water partition coefficient (Wildman–Crippen LogP) is -0.778. The molecule has 2 aromatic heterocycles. The average Bonchev–Trinajstić information content (AvgIpc) is 2.47. The summed E-state index contributed by atoms with van der Waals surface area (Å²) >= 11 is 0. The van der Waals surface area contributed by atoms with Crippen molar-refractivity contribution >= 4 is 11.9 Å². The maximum Gasteiger partial charge on any atom is 0.241 e. The van der Waals surface area contributed by atoms with Gasteiger partial charge >= 0.3 is 0 Å². The summed E-state index contributed by atoms with van der Waals surface area (Å²) < 4.78 is 1.32. The van der Waals surface area contributed by atoms with Crippen LogP contribution in [-0.4, -0.2) is 25.0 Å². The molecule has 0 aliphatic heterocycles. The summed E-state index contributed by atoms with van der Waals surface area (Å²) in [7, 11) is 0. The van der Waals surface area contributed by atoms with Crippen LogP contribution >= 0.6 is 0 Å². The molecule has 0 unspecified atom stereocenters.